The van der Waals surface area contributed by atoms with Crippen molar-refractivity contribution in [3.63, 3.8) is 0 Å². The summed E-state index contributed by atoms with van der Waals surface area (Å²) < 4.78 is 5.78. The molecule has 3 aromatic rings. The van der Waals surface area contributed by atoms with E-state index in [0.717, 1.165) is 22.6 Å². The van der Waals surface area contributed by atoms with Crippen LogP contribution < -0.4 is 5.32 Å². The molecule has 1 aromatic heterocycles. The number of furan rings is 1. The van der Waals surface area contributed by atoms with E-state index in [-0.39, 0.29) is 30.3 Å². The minimum atomic E-state index is -0.339. The Bertz CT molecular complexity index is 823. The molecule has 5 heteroatoms. The van der Waals surface area contributed by atoms with Crippen molar-refractivity contribution in [3.05, 3.63) is 95.4 Å². The number of halogens is 1. The average Bonchev–Trinajstić information content (AvgIpc) is 3.09. The number of benzene rings is 2. The molecule has 0 aliphatic rings. The van der Waals surface area contributed by atoms with Gasteiger partial charge in [0.15, 0.2) is 0 Å². The van der Waals surface area contributed by atoms with Gasteiger partial charge in [-0.15, -0.1) is 12.4 Å². The van der Waals surface area contributed by atoms with Crippen LogP contribution in [0.3, 0.4) is 0 Å². The Labute approximate surface area is 173 Å². The zero-order valence-corrected chi connectivity index (χ0v) is 17.3. The van der Waals surface area contributed by atoms with Crippen LogP contribution in [0.4, 0.5) is 0 Å². The molecule has 1 atom stereocenters. The molecule has 2 aromatic carbocycles. The van der Waals surface area contributed by atoms with Gasteiger partial charge in [-0.1, -0.05) is 60.7 Å². The fourth-order valence-electron chi connectivity index (χ4n) is 3.26. The number of hydrogen-bond donors (Lipinski definition) is 1. The molecular formula is C23H27ClN2O2. The lowest BCUT2D eigenvalue weighted by atomic mass is 9.90. The van der Waals surface area contributed by atoms with Crippen LogP contribution in [0.25, 0.3) is 0 Å². The van der Waals surface area contributed by atoms with Crippen LogP contribution in [0, 0.1) is 6.92 Å². The van der Waals surface area contributed by atoms with Crippen molar-refractivity contribution < 1.29 is 9.21 Å². The predicted octanol–water partition coefficient (Wildman–Crippen LogP) is 4.56. The van der Waals surface area contributed by atoms with Gasteiger partial charge in [0.1, 0.15) is 11.5 Å². The Morgan fingerprint density at radius 2 is 1.46 bits per heavy atom. The fraction of sp³-hybridized carbons (Fsp3) is 0.261. The van der Waals surface area contributed by atoms with E-state index in [9.17, 15) is 4.79 Å². The van der Waals surface area contributed by atoms with Crippen LogP contribution >= 0.6 is 12.4 Å². The van der Waals surface area contributed by atoms with Gasteiger partial charge in [-0.25, -0.2) is 0 Å². The van der Waals surface area contributed by atoms with E-state index in [2.05, 4.69) is 10.2 Å². The van der Waals surface area contributed by atoms with Crippen molar-refractivity contribution in [2.24, 2.45) is 0 Å². The number of amides is 1. The molecule has 0 radical (unpaired) electrons. The Morgan fingerprint density at radius 1 is 0.929 bits per heavy atom. The van der Waals surface area contributed by atoms with E-state index >= 15 is 0 Å². The zero-order chi connectivity index (χ0) is 19.2. The summed E-state index contributed by atoms with van der Waals surface area (Å²) in [5, 5.41) is 3.13. The van der Waals surface area contributed by atoms with Gasteiger partial charge in [0.25, 0.3) is 0 Å². The second-order valence-corrected chi connectivity index (χ2v) is 6.93. The Hall–Kier alpha value is -2.56. The molecular weight excluding hydrogens is 372 g/mol. The fourth-order valence-corrected chi connectivity index (χ4v) is 3.26. The molecule has 0 saturated carbocycles. The monoisotopic (exact) mass is 398 g/mol. The normalized spacial score (nSPS) is 11.9. The molecule has 1 N–H and O–H groups in total. The summed E-state index contributed by atoms with van der Waals surface area (Å²) in [6.45, 7) is 2.41. The van der Waals surface area contributed by atoms with E-state index in [1.54, 1.807) is 0 Å². The third-order valence-corrected chi connectivity index (χ3v) is 4.71. The number of carbonyl (C=O) groups is 1. The lowest BCUT2D eigenvalue weighted by molar-refractivity contribution is -0.121. The first-order valence-corrected chi connectivity index (χ1v) is 9.16. The predicted molar refractivity (Wildman–Crippen MR) is 115 cm³/mol. The summed E-state index contributed by atoms with van der Waals surface area (Å²) in [5.74, 6) is 1.37. The van der Waals surface area contributed by atoms with Gasteiger partial charge in [-0.05, 0) is 44.3 Å². The van der Waals surface area contributed by atoms with Crippen LogP contribution in [-0.4, -0.2) is 31.4 Å². The molecule has 0 saturated heterocycles. The maximum absolute atomic E-state index is 13.1. The van der Waals surface area contributed by atoms with Crippen molar-refractivity contribution >= 4 is 18.3 Å². The second kappa shape index (κ2) is 10.1. The topological polar surface area (TPSA) is 45.5 Å². The highest BCUT2D eigenvalue weighted by Crippen LogP contribution is 2.26. The van der Waals surface area contributed by atoms with Crippen molar-refractivity contribution in [2.75, 3.05) is 20.6 Å². The number of nitrogens with zero attached hydrogens (tertiary/aromatic N) is 1. The third kappa shape index (κ3) is 5.24. The molecule has 4 nitrogen and oxygen atoms in total. The summed E-state index contributed by atoms with van der Waals surface area (Å²) >= 11 is 0. The maximum atomic E-state index is 13.1. The van der Waals surface area contributed by atoms with E-state index in [4.69, 9.17) is 4.42 Å². The quantitative estimate of drug-likeness (QED) is 0.634. The minimum Gasteiger partial charge on any atom is -0.465 e. The largest absolute Gasteiger partial charge is 0.465 e. The van der Waals surface area contributed by atoms with E-state index in [1.165, 1.54) is 0 Å². The molecule has 1 amide bonds. The Kier molecular flexibility index (Phi) is 7.85. The van der Waals surface area contributed by atoms with E-state index < -0.39 is 0 Å². The summed E-state index contributed by atoms with van der Waals surface area (Å²) in [7, 11) is 3.97. The lowest BCUT2D eigenvalue weighted by Gasteiger charge is -2.24. The van der Waals surface area contributed by atoms with Crippen molar-refractivity contribution in [1.29, 1.82) is 0 Å². The maximum Gasteiger partial charge on any atom is 0.232 e. The highest BCUT2D eigenvalue weighted by Gasteiger charge is 2.25. The van der Waals surface area contributed by atoms with E-state index in [1.807, 2.05) is 93.8 Å². The van der Waals surface area contributed by atoms with Crippen molar-refractivity contribution in [1.82, 2.24) is 10.2 Å². The molecule has 3 rings (SSSR count). The molecule has 1 unspecified atom stereocenters. The van der Waals surface area contributed by atoms with Gasteiger partial charge in [-0.3, -0.25) is 9.69 Å². The van der Waals surface area contributed by atoms with Gasteiger partial charge < -0.3 is 9.73 Å². The molecule has 148 valence electrons. The first-order valence-electron chi connectivity index (χ1n) is 9.16. The number of hydrogen-bond acceptors (Lipinski definition) is 3. The highest BCUT2D eigenvalue weighted by molar-refractivity contribution is 5.87. The Morgan fingerprint density at radius 3 is 1.89 bits per heavy atom. The standard InChI is InChI=1S/C23H26N2O2.ClH/c1-17-14-15-21(27-17)20(25(2)3)16-24-23(26)22(18-10-6-4-7-11-18)19-12-8-5-9-13-19;/h4-15,20,22H,16H2,1-3H3,(H,24,26);1H. The Balaban J connectivity index is 0.00000280. The van der Waals surface area contributed by atoms with Gasteiger partial charge in [0.05, 0.1) is 12.0 Å². The van der Waals surface area contributed by atoms with Crippen LogP contribution in [0.1, 0.15) is 34.6 Å². The average molecular weight is 399 g/mol. The zero-order valence-electron chi connectivity index (χ0n) is 16.5. The smallest absolute Gasteiger partial charge is 0.232 e. The van der Waals surface area contributed by atoms with Crippen LogP contribution in [0.5, 0.6) is 0 Å². The third-order valence-electron chi connectivity index (χ3n) is 4.71. The minimum absolute atomic E-state index is 0. The summed E-state index contributed by atoms with van der Waals surface area (Å²) in [6.07, 6.45) is 0. The number of likely N-dealkylation sites (N-methyl/N-ethyl adjacent to an activating group) is 1. The number of nitrogens with one attached hydrogen (secondary N) is 1. The van der Waals surface area contributed by atoms with Gasteiger partial charge in [0.2, 0.25) is 5.91 Å². The van der Waals surface area contributed by atoms with Crippen LogP contribution in [-0.2, 0) is 4.79 Å². The van der Waals surface area contributed by atoms with Gasteiger partial charge in [-0.2, -0.15) is 0 Å². The molecule has 0 aliphatic heterocycles. The molecule has 1 heterocycles. The molecule has 0 aliphatic carbocycles. The highest BCUT2D eigenvalue weighted by atomic mass is 35.5. The van der Waals surface area contributed by atoms with E-state index in [0.29, 0.717) is 6.54 Å². The molecule has 0 fully saturated rings. The summed E-state index contributed by atoms with van der Waals surface area (Å²) in [6, 6.07) is 23.7. The first kappa shape index (κ1) is 21.7. The molecule has 0 bridgehead atoms. The van der Waals surface area contributed by atoms with Crippen LogP contribution in [0.15, 0.2) is 77.2 Å². The van der Waals surface area contributed by atoms with Gasteiger partial charge in [0, 0.05) is 6.54 Å². The molecule has 28 heavy (non-hydrogen) atoms. The van der Waals surface area contributed by atoms with Crippen molar-refractivity contribution in [3.8, 4) is 0 Å². The van der Waals surface area contributed by atoms with Crippen molar-refractivity contribution in [2.45, 2.75) is 18.9 Å². The van der Waals surface area contributed by atoms with Crippen LogP contribution in [0.2, 0.25) is 0 Å². The molecule has 0 spiro atoms. The number of carbonyl (C=O) groups excluding carboxylic acids is 1. The summed E-state index contributed by atoms with van der Waals surface area (Å²) in [5.41, 5.74) is 1.97. The summed E-state index contributed by atoms with van der Waals surface area (Å²) in [4.78, 5) is 15.2. The lowest BCUT2D eigenvalue weighted by Crippen LogP contribution is -2.37. The van der Waals surface area contributed by atoms with Gasteiger partial charge >= 0.3 is 0 Å². The second-order valence-electron chi connectivity index (χ2n) is 6.93. The first-order chi connectivity index (χ1) is 13.1. The number of rotatable bonds is 7. The number of aryl methyl sites for hydroxylation is 1. The SMILES string of the molecule is Cc1ccc(C(CNC(=O)C(c2ccccc2)c2ccccc2)N(C)C)o1.Cl.